The van der Waals surface area contributed by atoms with Gasteiger partial charge in [0.25, 0.3) is 10.0 Å². The summed E-state index contributed by atoms with van der Waals surface area (Å²) in [5.74, 6) is -0.358. The molecule has 6 nitrogen and oxygen atoms in total. The van der Waals surface area contributed by atoms with Gasteiger partial charge in [-0.3, -0.25) is 9.52 Å². The fraction of sp³-hybridized carbons (Fsp3) is 0.278. The van der Waals surface area contributed by atoms with E-state index >= 15 is 0 Å². The first-order valence-electron chi connectivity index (χ1n) is 7.78. The van der Waals surface area contributed by atoms with Crippen molar-refractivity contribution >= 4 is 27.3 Å². The van der Waals surface area contributed by atoms with Crippen LogP contribution in [0.2, 0.25) is 0 Å². The van der Waals surface area contributed by atoms with Crippen LogP contribution in [-0.4, -0.2) is 28.5 Å². The van der Waals surface area contributed by atoms with Crippen molar-refractivity contribution in [1.29, 1.82) is 0 Å². The second-order valence-corrected chi connectivity index (χ2v) is 7.58. The lowest BCUT2D eigenvalue weighted by Gasteiger charge is -2.20. The van der Waals surface area contributed by atoms with Crippen LogP contribution in [0.3, 0.4) is 0 Å². The second kappa shape index (κ2) is 7.33. The Morgan fingerprint density at radius 3 is 2.38 bits per heavy atom. The number of sulfonamides is 1. The molecular formula is C18H21FN2O4S. The Labute approximate surface area is 152 Å². The molecule has 1 amide bonds. The smallest absolute Gasteiger partial charge is 0.262 e. The maximum atomic E-state index is 13.7. The van der Waals surface area contributed by atoms with E-state index in [1.165, 1.54) is 38.1 Å². The van der Waals surface area contributed by atoms with Gasteiger partial charge in [-0.05, 0) is 49.2 Å². The van der Waals surface area contributed by atoms with Crippen molar-refractivity contribution in [2.24, 2.45) is 0 Å². The first-order chi connectivity index (χ1) is 12.1. The molecule has 0 radical (unpaired) electrons. The van der Waals surface area contributed by atoms with Crippen LogP contribution in [0, 0.1) is 19.7 Å². The molecule has 0 fully saturated rings. The number of carbonyl (C=O) groups is 1. The molecule has 0 aromatic heterocycles. The molecule has 0 atom stereocenters. The van der Waals surface area contributed by atoms with Gasteiger partial charge in [-0.15, -0.1) is 0 Å². The number of amides is 1. The molecule has 1 N–H and O–H groups in total. The van der Waals surface area contributed by atoms with Gasteiger partial charge in [0.05, 0.1) is 23.4 Å². The van der Waals surface area contributed by atoms with Gasteiger partial charge in [-0.25, -0.2) is 12.8 Å². The number of hydrogen-bond donors (Lipinski definition) is 1. The summed E-state index contributed by atoms with van der Waals surface area (Å²) in [6.07, 6.45) is 0. The van der Waals surface area contributed by atoms with Gasteiger partial charge in [0.2, 0.25) is 5.91 Å². The molecule has 2 rings (SSSR count). The summed E-state index contributed by atoms with van der Waals surface area (Å²) in [5.41, 5.74) is 1.37. The Balaban J connectivity index is 2.53. The van der Waals surface area contributed by atoms with Crippen molar-refractivity contribution in [3.05, 3.63) is 47.3 Å². The molecule has 0 heterocycles. The third-order valence-electron chi connectivity index (χ3n) is 4.02. The normalized spacial score (nSPS) is 11.2. The summed E-state index contributed by atoms with van der Waals surface area (Å²) >= 11 is 0. The predicted molar refractivity (Wildman–Crippen MR) is 98.8 cm³/mol. The largest absolute Gasteiger partial charge is 0.496 e. The third kappa shape index (κ3) is 3.96. The molecule has 140 valence electrons. The fourth-order valence-corrected chi connectivity index (χ4v) is 3.90. The van der Waals surface area contributed by atoms with Gasteiger partial charge in [0, 0.05) is 20.0 Å². The van der Waals surface area contributed by atoms with Crippen LogP contribution in [0.15, 0.2) is 35.2 Å². The number of halogens is 1. The number of carbonyl (C=O) groups excluding carboxylic acids is 1. The van der Waals surface area contributed by atoms with Gasteiger partial charge in [-0.1, -0.05) is 0 Å². The summed E-state index contributed by atoms with van der Waals surface area (Å²) in [7, 11) is -1.01. The minimum absolute atomic E-state index is 0.0180. The van der Waals surface area contributed by atoms with Crippen LogP contribution >= 0.6 is 0 Å². The first kappa shape index (κ1) is 19.7. The number of methoxy groups -OCH3 is 1. The zero-order chi connectivity index (χ0) is 19.6. The highest BCUT2D eigenvalue weighted by molar-refractivity contribution is 7.92. The van der Waals surface area contributed by atoms with Gasteiger partial charge < -0.3 is 9.64 Å². The van der Waals surface area contributed by atoms with Crippen LogP contribution in [0.25, 0.3) is 0 Å². The average molecular weight is 380 g/mol. The van der Waals surface area contributed by atoms with Crippen molar-refractivity contribution in [2.75, 3.05) is 23.8 Å². The fourth-order valence-electron chi connectivity index (χ4n) is 2.52. The quantitative estimate of drug-likeness (QED) is 0.864. The lowest BCUT2D eigenvalue weighted by molar-refractivity contribution is -0.116. The van der Waals surface area contributed by atoms with Crippen molar-refractivity contribution in [3.63, 3.8) is 0 Å². The molecule has 8 heteroatoms. The Morgan fingerprint density at radius 2 is 1.81 bits per heavy atom. The molecule has 0 saturated carbocycles. The summed E-state index contributed by atoms with van der Waals surface area (Å²) in [6, 6.07) is 6.66. The van der Waals surface area contributed by atoms with Crippen LogP contribution in [0.1, 0.15) is 18.1 Å². The van der Waals surface area contributed by atoms with Gasteiger partial charge >= 0.3 is 0 Å². The van der Waals surface area contributed by atoms with E-state index in [1.807, 2.05) is 0 Å². The summed E-state index contributed by atoms with van der Waals surface area (Å²) in [6.45, 7) is 4.71. The van der Waals surface area contributed by atoms with Crippen LogP contribution in [0.5, 0.6) is 5.75 Å². The van der Waals surface area contributed by atoms with E-state index in [1.54, 1.807) is 19.9 Å². The molecule has 0 unspecified atom stereocenters. The number of anilines is 2. The molecule has 0 bridgehead atoms. The van der Waals surface area contributed by atoms with Crippen LogP contribution in [0.4, 0.5) is 15.8 Å². The molecular weight excluding hydrogens is 359 g/mol. The SMILES string of the molecule is COc1cc(C)c(S(=O)(=O)Nc2cc(F)ccc2N(C)C(C)=O)cc1C. The second-order valence-electron chi connectivity index (χ2n) is 5.93. The average Bonchev–Trinajstić information content (AvgIpc) is 2.55. The molecule has 0 aliphatic rings. The van der Waals surface area contributed by atoms with E-state index in [0.717, 1.165) is 12.1 Å². The highest BCUT2D eigenvalue weighted by Crippen LogP contribution is 2.31. The lowest BCUT2D eigenvalue weighted by Crippen LogP contribution is -2.25. The number of ether oxygens (including phenoxy) is 1. The standard InChI is InChI=1S/C18H21FN2O4S/c1-11-9-18(12(2)8-17(11)25-5)26(23,24)20-15-10-14(19)6-7-16(15)21(4)13(3)22/h6-10,20H,1-5H3. The predicted octanol–water partition coefficient (Wildman–Crippen LogP) is 3.23. The van der Waals surface area contributed by atoms with E-state index in [0.29, 0.717) is 16.9 Å². The zero-order valence-electron chi connectivity index (χ0n) is 15.3. The van der Waals surface area contributed by atoms with Crippen molar-refractivity contribution in [3.8, 4) is 5.75 Å². The van der Waals surface area contributed by atoms with Crippen molar-refractivity contribution < 1.29 is 22.3 Å². The van der Waals surface area contributed by atoms with E-state index in [4.69, 9.17) is 4.74 Å². The van der Waals surface area contributed by atoms with Crippen molar-refractivity contribution in [1.82, 2.24) is 0 Å². The summed E-state index contributed by atoms with van der Waals surface area (Å²) in [4.78, 5) is 12.9. The number of nitrogens with one attached hydrogen (secondary N) is 1. The molecule has 2 aromatic carbocycles. The number of aryl methyl sites for hydroxylation is 2. The third-order valence-corrected chi connectivity index (χ3v) is 5.53. The molecule has 0 spiro atoms. The van der Waals surface area contributed by atoms with Gasteiger partial charge in [0.1, 0.15) is 11.6 Å². The lowest BCUT2D eigenvalue weighted by atomic mass is 10.1. The maximum Gasteiger partial charge on any atom is 0.262 e. The number of hydrogen-bond acceptors (Lipinski definition) is 4. The summed E-state index contributed by atoms with van der Waals surface area (Å²) in [5, 5.41) is 0. The first-order valence-corrected chi connectivity index (χ1v) is 9.27. The Morgan fingerprint density at radius 1 is 1.15 bits per heavy atom. The van der Waals surface area contributed by atoms with E-state index < -0.39 is 15.8 Å². The van der Waals surface area contributed by atoms with E-state index in [9.17, 15) is 17.6 Å². The monoisotopic (exact) mass is 380 g/mol. The zero-order valence-corrected chi connectivity index (χ0v) is 16.1. The Bertz CT molecular complexity index is 958. The molecule has 0 aliphatic heterocycles. The molecule has 26 heavy (non-hydrogen) atoms. The van der Waals surface area contributed by atoms with E-state index in [2.05, 4.69) is 4.72 Å². The molecule has 0 aliphatic carbocycles. The summed E-state index contributed by atoms with van der Waals surface area (Å²) < 4.78 is 47.0. The highest BCUT2D eigenvalue weighted by Gasteiger charge is 2.22. The van der Waals surface area contributed by atoms with Crippen LogP contribution in [-0.2, 0) is 14.8 Å². The minimum atomic E-state index is -4.00. The Hall–Kier alpha value is -2.61. The maximum absolute atomic E-state index is 13.7. The molecule has 2 aromatic rings. The number of rotatable bonds is 5. The van der Waals surface area contributed by atoms with E-state index in [-0.39, 0.29) is 22.2 Å². The van der Waals surface area contributed by atoms with Crippen molar-refractivity contribution in [2.45, 2.75) is 25.7 Å². The minimum Gasteiger partial charge on any atom is -0.496 e. The Kier molecular flexibility index (Phi) is 5.56. The number of nitrogens with zero attached hydrogens (tertiary/aromatic N) is 1. The highest BCUT2D eigenvalue weighted by atomic mass is 32.2. The molecule has 0 saturated heterocycles. The van der Waals surface area contributed by atoms with Crippen LogP contribution < -0.4 is 14.4 Å². The van der Waals surface area contributed by atoms with Gasteiger partial charge in [-0.2, -0.15) is 0 Å². The topological polar surface area (TPSA) is 75.7 Å². The number of benzene rings is 2. The van der Waals surface area contributed by atoms with Gasteiger partial charge in [0.15, 0.2) is 0 Å².